The number of benzene rings is 1. The van der Waals surface area contributed by atoms with Crippen LogP contribution in [-0.4, -0.2) is 33.4 Å². The molecule has 1 aromatic rings. The molecule has 1 aromatic carbocycles. The lowest BCUT2D eigenvalue weighted by atomic mass is 10.2. The van der Waals surface area contributed by atoms with Crippen LogP contribution in [0.2, 0.25) is 10.0 Å². The molecule has 0 atom stereocenters. The number of nitrogens with zero attached hydrogens (tertiary/aromatic N) is 1. The van der Waals surface area contributed by atoms with Crippen LogP contribution in [0.15, 0.2) is 17.0 Å². The highest BCUT2D eigenvalue weighted by molar-refractivity contribution is 7.89. The van der Waals surface area contributed by atoms with Crippen molar-refractivity contribution in [1.29, 1.82) is 0 Å². The first-order valence-corrected chi connectivity index (χ1v) is 7.56. The quantitative estimate of drug-likeness (QED) is 0.844. The van der Waals surface area contributed by atoms with Crippen LogP contribution in [0.4, 0.5) is 0 Å². The number of nitrogens with one attached hydrogen (secondary N) is 1. The Bertz CT molecular complexity index is 609. The molecule has 104 valence electrons. The maximum absolute atomic E-state index is 12.3. The molecule has 0 amide bonds. The molecule has 0 aliphatic carbocycles. The molecule has 0 saturated heterocycles. The number of halogens is 2. The summed E-state index contributed by atoms with van der Waals surface area (Å²) in [6, 6.07) is 2.95. The van der Waals surface area contributed by atoms with Gasteiger partial charge in [0, 0.05) is 18.6 Å². The summed E-state index contributed by atoms with van der Waals surface area (Å²) in [5.41, 5.74) is 0.615. The van der Waals surface area contributed by atoms with Gasteiger partial charge in [-0.1, -0.05) is 29.1 Å². The standard InChI is InChI=1S/C12H14Cl2N2O2S/c1-4-5-16(3)19(17,18)11-7-10(13)6-9(8-15-2)12(11)14/h1,6-7,15H,5,8H2,2-3H3. The fourth-order valence-electron chi connectivity index (χ4n) is 1.51. The van der Waals surface area contributed by atoms with E-state index in [1.807, 2.05) is 0 Å². The third-order valence-corrected chi connectivity index (χ3v) is 5.05. The largest absolute Gasteiger partial charge is 0.316 e. The van der Waals surface area contributed by atoms with Gasteiger partial charge < -0.3 is 5.32 Å². The first-order valence-electron chi connectivity index (χ1n) is 5.37. The lowest BCUT2D eigenvalue weighted by molar-refractivity contribution is 0.503. The zero-order valence-electron chi connectivity index (χ0n) is 10.6. The number of rotatable bonds is 5. The van der Waals surface area contributed by atoms with Crippen molar-refractivity contribution in [1.82, 2.24) is 9.62 Å². The Morgan fingerprint density at radius 2 is 2.05 bits per heavy atom. The summed E-state index contributed by atoms with van der Waals surface area (Å²) in [4.78, 5) is -0.0373. The summed E-state index contributed by atoms with van der Waals surface area (Å²) in [5, 5.41) is 3.36. The van der Waals surface area contributed by atoms with Gasteiger partial charge in [-0.2, -0.15) is 4.31 Å². The van der Waals surface area contributed by atoms with E-state index in [4.69, 9.17) is 29.6 Å². The van der Waals surface area contributed by atoms with Crippen molar-refractivity contribution in [3.05, 3.63) is 27.7 Å². The normalized spacial score (nSPS) is 11.6. The van der Waals surface area contributed by atoms with E-state index in [1.54, 1.807) is 13.1 Å². The second-order valence-corrected chi connectivity index (χ2v) is 6.70. The van der Waals surface area contributed by atoms with Gasteiger partial charge in [-0.25, -0.2) is 8.42 Å². The van der Waals surface area contributed by atoms with Gasteiger partial charge in [-0.15, -0.1) is 6.42 Å². The minimum atomic E-state index is -3.75. The summed E-state index contributed by atoms with van der Waals surface area (Å²) in [7, 11) is -0.623. The Balaban J connectivity index is 3.39. The Hall–Kier alpha value is -0.770. The summed E-state index contributed by atoms with van der Waals surface area (Å²) >= 11 is 12.1. The van der Waals surface area contributed by atoms with E-state index < -0.39 is 10.0 Å². The van der Waals surface area contributed by atoms with Crippen LogP contribution in [-0.2, 0) is 16.6 Å². The van der Waals surface area contributed by atoms with Gasteiger partial charge in [0.2, 0.25) is 10.0 Å². The highest BCUT2D eigenvalue weighted by Crippen LogP contribution is 2.31. The molecule has 0 aromatic heterocycles. The molecule has 0 fully saturated rings. The highest BCUT2D eigenvalue weighted by Gasteiger charge is 2.25. The fourth-order valence-corrected chi connectivity index (χ4v) is 3.49. The van der Waals surface area contributed by atoms with Crippen molar-refractivity contribution in [2.75, 3.05) is 20.6 Å². The van der Waals surface area contributed by atoms with Crippen molar-refractivity contribution in [3.8, 4) is 12.3 Å². The van der Waals surface area contributed by atoms with Crippen molar-refractivity contribution < 1.29 is 8.42 Å². The van der Waals surface area contributed by atoms with Crippen molar-refractivity contribution in [2.45, 2.75) is 11.4 Å². The van der Waals surface area contributed by atoms with Crippen molar-refractivity contribution in [2.24, 2.45) is 0 Å². The molecule has 4 nitrogen and oxygen atoms in total. The topological polar surface area (TPSA) is 49.4 Å². The Morgan fingerprint density at radius 1 is 1.42 bits per heavy atom. The zero-order chi connectivity index (χ0) is 14.6. The molecular formula is C12H14Cl2N2O2S. The molecule has 0 aliphatic rings. The van der Waals surface area contributed by atoms with E-state index in [0.717, 1.165) is 4.31 Å². The van der Waals surface area contributed by atoms with Crippen LogP contribution in [0.25, 0.3) is 0 Å². The summed E-state index contributed by atoms with van der Waals surface area (Å²) < 4.78 is 25.7. The molecule has 0 heterocycles. The molecule has 0 radical (unpaired) electrons. The number of hydrogen-bond acceptors (Lipinski definition) is 3. The monoisotopic (exact) mass is 320 g/mol. The minimum absolute atomic E-state index is 0.0352. The maximum Gasteiger partial charge on any atom is 0.245 e. The third-order valence-electron chi connectivity index (χ3n) is 2.45. The number of sulfonamides is 1. The second-order valence-electron chi connectivity index (χ2n) is 3.87. The van der Waals surface area contributed by atoms with E-state index in [9.17, 15) is 8.42 Å². The average molecular weight is 321 g/mol. The first-order chi connectivity index (χ1) is 8.84. The van der Waals surface area contributed by atoms with Crippen LogP contribution in [0.1, 0.15) is 5.56 Å². The van der Waals surface area contributed by atoms with Crippen LogP contribution in [0.3, 0.4) is 0 Å². The molecular weight excluding hydrogens is 307 g/mol. The van der Waals surface area contributed by atoms with Crippen LogP contribution in [0.5, 0.6) is 0 Å². The second kappa shape index (κ2) is 6.60. The first kappa shape index (κ1) is 16.3. The summed E-state index contributed by atoms with van der Waals surface area (Å²) in [6.45, 7) is 0.382. The zero-order valence-corrected chi connectivity index (χ0v) is 12.9. The minimum Gasteiger partial charge on any atom is -0.316 e. The fraction of sp³-hybridized carbons (Fsp3) is 0.333. The molecule has 0 spiro atoms. The van der Waals surface area contributed by atoms with Crippen LogP contribution in [0, 0.1) is 12.3 Å². The predicted octanol–water partition coefficient (Wildman–Crippen LogP) is 1.97. The van der Waals surface area contributed by atoms with E-state index in [0.29, 0.717) is 17.1 Å². The number of hydrogen-bond donors (Lipinski definition) is 1. The molecule has 0 unspecified atom stereocenters. The maximum atomic E-state index is 12.3. The molecule has 0 bridgehead atoms. The van der Waals surface area contributed by atoms with Crippen molar-refractivity contribution in [3.63, 3.8) is 0 Å². The van der Waals surface area contributed by atoms with Crippen LogP contribution >= 0.6 is 23.2 Å². The molecule has 0 aliphatic heterocycles. The van der Waals surface area contributed by atoms with Crippen molar-refractivity contribution >= 4 is 33.2 Å². The highest BCUT2D eigenvalue weighted by atomic mass is 35.5. The van der Waals surface area contributed by atoms with Gasteiger partial charge in [0.1, 0.15) is 4.90 Å². The predicted molar refractivity (Wildman–Crippen MR) is 77.9 cm³/mol. The number of terminal acetylenes is 1. The SMILES string of the molecule is C#CCN(C)S(=O)(=O)c1cc(Cl)cc(CNC)c1Cl. The van der Waals surface area contributed by atoms with Gasteiger partial charge in [0.05, 0.1) is 11.6 Å². The van der Waals surface area contributed by atoms with Crippen LogP contribution < -0.4 is 5.32 Å². The summed E-state index contributed by atoms with van der Waals surface area (Å²) in [6.07, 6.45) is 5.12. The molecule has 1 rings (SSSR count). The van der Waals surface area contributed by atoms with E-state index in [-0.39, 0.29) is 16.5 Å². The van der Waals surface area contributed by atoms with Gasteiger partial charge in [-0.3, -0.25) is 0 Å². The Kier molecular flexibility index (Phi) is 5.65. The van der Waals surface area contributed by atoms with Gasteiger partial charge in [0.25, 0.3) is 0 Å². The molecule has 0 saturated carbocycles. The molecule has 7 heteroatoms. The van der Waals surface area contributed by atoms with E-state index in [2.05, 4.69) is 11.2 Å². The van der Waals surface area contributed by atoms with E-state index in [1.165, 1.54) is 13.1 Å². The Labute approximate surface area is 123 Å². The Morgan fingerprint density at radius 3 is 2.58 bits per heavy atom. The van der Waals surface area contributed by atoms with Gasteiger partial charge in [-0.05, 0) is 24.7 Å². The van der Waals surface area contributed by atoms with Gasteiger partial charge in [0.15, 0.2) is 0 Å². The average Bonchev–Trinajstić information content (AvgIpc) is 2.33. The van der Waals surface area contributed by atoms with Gasteiger partial charge >= 0.3 is 0 Å². The van der Waals surface area contributed by atoms with E-state index >= 15 is 0 Å². The smallest absolute Gasteiger partial charge is 0.245 e. The third kappa shape index (κ3) is 3.62. The molecule has 19 heavy (non-hydrogen) atoms. The molecule has 1 N–H and O–H groups in total. The lowest BCUT2D eigenvalue weighted by Crippen LogP contribution is -2.27. The lowest BCUT2D eigenvalue weighted by Gasteiger charge is -2.17. The summed E-state index contributed by atoms with van der Waals surface area (Å²) in [5.74, 6) is 2.28.